The highest BCUT2D eigenvalue weighted by atomic mass is 16.1. The van der Waals surface area contributed by atoms with Crippen LogP contribution >= 0.6 is 0 Å². The molecule has 0 fully saturated rings. The van der Waals surface area contributed by atoms with Crippen molar-refractivity contribution in [3.8, 4) is 0 Å². The first-order valence-electron chi connectivity index (χ1n) is 20.9. The Hall–Kier alpha value is -8.48. The molecule has 62 heavy (non-hydrogen) atoms. The lowest BCUT2D eigenvalue weighted by molar-refractivity contribution is 1.28. The number of anilines is 6. The fourth-order valence-electron chi connectivity index (χ4n) is 10.2. The molecule has 0 amide bonds. The molecule has 0 unspecified atom stereocenters. The van der Waals surface area contributed by atoms with E-state index in [1.807, 2.05) is 97.1 Å². The minimum Gasteiger partial charge on any atom is -0.310 e. The highest BCUT2D eigenvalue weighted by Crippen LogP contribution is 2.45. The molecule has 0 saturated carbocycles. The fourth-order valence-corrected chi connectivity index (χ4v) is 10.2. The number of fused-ring (bicyclic) bond motifs is 10. The van der Waals surface area contributed by atoms with E-state index in [9.17, 15) is 0 Å². The van der Waals surface area contributed by atoms with Crippen molar-refractivity contribution in [3.63, 3.8) is 0 Å². The van der Waals surface area contributed by atoms with Crippen LogP contribution in [0.1, 0.15) is 0 Å². The molecular formula is C56H34N4O2. The van der Waals surface area contributed by atoms with Gasteiger partial charge in [0.15, 0.2) is 10.9 Å². The molecule has 0 saturated heterocycles. The van der Waals surface area contributed by atoms with Crippen LogP contribution in [0.25, 0.3) is 76.2 Å². The predicted octanol–water partition coefficient (Wildman–Crippen LogP) is 13.6. The third-order valence-electron chi connectivity index (χ3n) is 12.7. The maximum absolute atomic E-state index is 15.0. The van der Waals surface area contributed by atoms with E-state index in [0.717, 1.165) is 88.8 Å². The molecule has 0 aliphatic carbocycles. The fraction of sp³-hybridized carbons (Fsp3) is 0. The van der Waals surface area contributed by atoms with Crippen molar-refractivity contribution in [2.75, 3.05) is 9.80 Å². The summed E-state index contributed by atoms with van der Waals surface area (Å²) >= 11 is 0. The highest BCUT2D eigenvalue weighted by Gasteiger charge is 2.26. The van der Waals surface area contributed by atoms with E-state index in [4.69, 9.17) is 0 Å². The van der Waals surface area contributed by atoms with E-state index >= 15 is 9.59 Å². The van der Waals surface area contributed by atoms with Crippen LogP contribution in [-0.2, 0) is 0 Å². The summed E-state index contributed by atoms with van der Waals surface area (Å²) in [5.74, 6) is 0. The molecule has 4 aromatic heterocycles. The van der Waals surface area contributed by atoms with Crippen molar-refractivity contribution in [3.05, 3.63) is 227 Å². The Morgan fingerprint density at radius 2 is 0.629 bits per heavy atom. The SMILES string of the molecule is O=c1c2cccc3c4cc5c6cccc7c(=O)c8c(N(c9ccccc9)c9ccccc9)cccc8n(c5cc4n(c4cccc(N(c5ccccc5)c5ccccc5)c14)c23)c76. The van der Waals surface area contributed by atoms with Crippen molar-refractivity contribution in [1.29, 1.82) is 0 Å². The zero-order valence-electron chi connectivity index (χ0n) is 33.2. The van der Waals surface area contributed by atoms with Crippen LogP contribution in [0.15, 0.2) is 216 Å². The molecular weight excluding hydrogens is 761 g/mol. The van der Waals surface area contributed by atoms with Crippen molar-refractivity contribution < 1.29 is 0 Å². The molecule has 6 nitrogen and oxygen atoms in total. The van der Waals surface area contributed by atoms with Crippen molar-refractivity contribution in [1.82, 2.24) is 8.80 Å². The van der Waals surface area contributed by atoms with Crippen molar-refractivity contribution >= 4 is 110 Å². The van der Waals surface area contributed by atoms with Crippen molar-refractivity contribution in [2.45, 2.75) is 0 Å². The lowest BCUT2D eigenvalue weighted by Crippen LogP contribution is -2.15. The third-order valence-corrected chi connectivity index (χ3v) is 12.7. The highest BCUT2D eigenvalue weighted by molar-refractivity contribution is 6.25. The molecule has 0 spiro atoms. The van der Waals surface area contributed by atoms with E-state index in [2.05, 4.69) is 128 Å². The van der Waals surface area contributed by atoms with Crippen LogP contribution < -0.4 is 20.7 Å². The second-order valence-electron chi connectivity index (χ2n) is 16.0. The van der Waals surface area contributed by atoms with Gasteiger partial charge in [0, 0.05) is 55.1 Å². The molecule has 0 aliphatic heterocycles. The number of nitrogens with zero attached hydrogens (tertiary/aromatic N) is 4. The summed E-state index contributed by atoms with van der Waals surface area (Å²) in [4.78, 5) is 34.4. The molecule has 0 radical (unpaired) electrons. The average molecular weight is 795 g/mol. The molecule has 4 heterocycles. The average Bonchev–Trinajstić information content (AvgIpc) is 3.84. The number of benzene rings is 9. The standard InChI is InChI=1S/C56H34N4O2/c61-55-41-27-13-25-39-43-33-44-40-26-14-28-42-54(40)60(48-32-16-30-46(52(48)56(42)62)58(37-21-9-3-10-22-37)38-23-11-4-12-24-38)50(44)34-49(43)59(53(39)41)47-31-15-29-45(51(47)55)57(35-17-5-1-6-18-35)36-19-7-2-8-20-36/h1-34H. The van der Waals surface area contributed by atoms with E-state index in [0.29, 0.717) is 21.5 Å². The molecule has 13 aromatic rings. The Morgan fingerprint density at radius 3 is 1.00 bits per heavy atom. The minimum absolute atomic E-state index is 0.00622. The van der Waals surface area contributed by atoms with Crippen LogP contribution in [0.2, 0.25) is 0 Å². The third kappa shape index (κ3) is 4.69. The molecule has 13 rings (SSSR count). The molecule has 0 bridgehead atoms. The number of para-hydroxylation sites is 6. The molecule has 290 valence electrons. The van der Waals surface area contributed by atoms with Crippen LogP contribution in [-0.4, -0.2) is 8.80 Å². The molecule has 6 heteroatoms. The summed E-state index contributed by atoms with van der Waals surface area (Å²) in [7, 11) is 0. The van der Waals surface area contributed by atoms with Gasteiger partial charge in [-0.1, -0.05) is 109 Å². The monoisotopic (exact) mass is 794 g/mol. The number of pyridine rings is 2. The van der Waals surface area contributed by atoms with E-state index in [1.54, 1.807) is 0 Å². The Balaban J connectivity index is 1.17. The number of aromatic nitrogens is 2. The van der Waals surface area contributed by atoms with Gasteiger partial charge in [0.1, 0.15) is 0 Å². The van der Waals surface area contributed by atoms with Crippen molar-refractivity contribution in [2.24, 2.45) is 0 Å². The van der Waals surface area contributed by atoms with Gasteiger partial charge in [-0.3, -0.25) is 9.59 Å². The van der Waals surface area contributed by atoms with E-state index in [1.165, 1.54) is 0 Å². The van der Waals surface area contributed by atoms with E-state index in [-0.39, 0.29) is 10.9 Å². The summed E-state index contributed by atoms with van der Waals surface area (Å²) in [6, 6.07) is 70.0. The summed E-state index contributed by atoms with van der Waals surface area (Å²) in [6.07, 6.45) is 0. The Bertz CT molecular complexity index is 3680. The van der Waals surface area contributed by atoms with Gasteiger partial charge in [-0.15, -0.1) is 0 Å². The second-order valence-corrected chi connectivity index (χ2v) is 16.0. The molecule has 9 aromatic carbocycles. The predicted molar refractivity (Wildman–Crippen MR) is 258 cm³/mol. The Kier molecular flexibility index (Phi) is 7.22. The van der Waals surface area contributed by atoms with Gasteiger partial charge in [-0.25, -0.2) is 0 Å². The van der Waals surface area contributed by atoms with Gasteiger partial charge in [0.2, 0.25) is 0 Å². The normalized spacial score (nSPS) is 12.0. The molecule has 0 aliphatic rings. The second kappa shape index (κ2) is 13.0. The quantitative estimate of drug-likeness (QED) is 0.157. The number of hydrogen-bond donors (Lipinski definition) is 0. The first-order valence-corrected chi connectivity index (χ1v) is 20.9. The smallest absolute Gasteiger partial charge is 0.199 e. The summed E-state index contributed by atoms with van der Waals surface area (Å²) < 4.78 is 4.58. The van der Waals surface area contributed by atoms with Gasteiger partial charge >= 0.3 is 0 Å². The van der Waals surface area contributed by atoms with Gasteiger partial charge in [-0.05, 0) is 97.1 Å². The van der Waals surface area contributed by atoms with Gasteiger partial charge in [-0.2, -0.15) is 0 Å². The zero-order chi connectivity index (χ0) is 41.1. The van der Waals surface area contributed by atoms with Crippen LogP contribution in [0.3, 0.4) is 0 Å². The lowest BCUT2D eigenvalue weighted by Gasteiger charge is -2.26. The summed E-state index contributed by atoms with van der Waals surface area (Å²) in [5, 5.41) is 6.75. The first-order chi connectivity index (χ1) is 30.7. The topological polar surface area (TPSA) is 49.4 Å². The van der Waals surface area contributed by atoms with Gasteiger partial charge < -0.3 is 18.6 Å². The molecule has 0 N–H and O–H groups in total. The van der Waals surface area contributed by atoms with E-state index < -0.39 is 0 Å². The maximum atomic E-state index is 15.0. The maximum Gasteiger partial charge on any atom is 0.199 e. The Morgan fingerprint density at radius 1 is 0.290 bits per heavy atom. The minimum atomic E-state index is -0.00622. The summed E-state index contributed by atoms with van der Waals surface area (Å²) in [6.45, 7) is 0. The van der Waals surface area contributed by atoms with Crippen LogP contribution in [0.5, 0.6) is 0 Å². The summed E-state index contributed by atoms with van der Waals surface area (Å²) in [5.41, 5.74) is 10.9. The lowest BCUT2D eigenvalue weighted by atomic mass is 10.0. The first kappa shape index (κ1) is 34.4. The number of hydrogen-bond acceptors (Lipinski definition) is 4. The van der Waals surface area contributed by atoms with Crippen LogP contribution in [0, 0.1) is 0 Å². The largest absolute Gasteiger partial charge is 0.310 e. The molecule has 0 atom stereocenters. The van der Waals surface area contributed by atoms with Gasteiger partial charge in [0.05, 0.1) is 55.2 Å². The van der Waals surface area contributed by atoms with Gasteiger partial charge in [0.25, 0.3) is 0 Å². The number of rotatable bonds is 6. The van der Waals surface area contributed by atoms with Crippen LogP contribution in [0.4, 0.5) is 34.1 Å². The zero-order valence-corrected chi connectivity index (χ0v) is 33.2. The Labute approximate surface area is 354 Å².